The summed E-state index contributed by atoms with van der Waals surface area (Å²) < 4.78 is 10.3. The van der Waals surface area contributed by atoms with E-state index in [9.17, 15) is 9.59 Å². The number of hydrogen-bond donors (Lipinski definition) is 1. The Morgan fingerprint density at radius 3 is 2.47 bits per heavy atom. The Morgan fingerprint density at radius 1 is 1.41 bits per heavy atom. The van der Waals surface area contributed by atoms with Crippen molar-refractivity contribution in [1.82, 2.24) is 4.90 Å². The number of aliphatic carboxylic acids is 1. The highest BCUT2D eigenvalue weighted by Gasteiger charge is 2.35. The second-order valence-corrected chi connectivity index (χ2v) is 5.14. The molecule has 0 saturated carbocycles. The minimum Gasteiger partial charge on any atom is -0.479 e. The van der Waals surface area contributed by atoms with Crippen LogP contribution in [-0.2, 0) is 14.3 Å². The molecule has 6 nitrogen and oxygen atoms in total. The molecule has 6 heteroatoms. The lowest BCUT2D eigenvalue weighted by Crippen LogP contribution is -2.54. The van der Waals surface area contributed by atoms with Crippen LogP contribution in [0.1, 0.15) is 27.7 Å². The Labute approximate surface area is 100 Å². The maximum atomic E-state index is 11.8. The van der Waals surface area contributed by atoms with Gasteiger partial charge in [-0.15, -0.1) is 0 Å². The van der Waals surface area contributed by atoms with Crippen molar-refractivity contribution in [3.05, 3.63) is 0 Å². The Balaban J connectivity index is 2.67. The zero-order valence-electron chi connectivity index (χ0n) is 10.6. The van der Waals surface area contributed by atoms with Gasteiger partial charge in [0.1, 0.15) is 5.60 Å². The third kappa shape index (κ3) is 3.89. The number of carbonyl (C=O) groups excluding carboxylic acids is 1. The van der Waals surface area contributed by atoms with E-state index < -0.39 is 23.8 Å². The fourth-order valence-corrected chi connectivity index (χ4v) is 1.48. The summed E-state index contributed by atoms with van der Waals surface area (Å²) in [5.41, 5.74) is -0.589. The first-order chi connectivity index (χ1) is 7.70. The first-order valence-corrected chi connectivity index (χ1v) is 5.55. The number of nitrogens with zero attached hydrogens (tertiary/aromatic N) is 1. The van der Waals surface area contributed by atoms with Crippen molar-refractivity contribution >= 4 is 12.1 Å². The van der Waals surface area contributed by atoms with E-state index in [2.05, 4.69) is 0 Å². The number of carboxylic acid groups (broad SMARTS) is 1. The average Bonchev–Trinajstić information content (AvgIpc) is 2.14. The summed E-state index contributed by atoms with van der Waals surface area (Å²) in [6, 6.07) is -0.180. The summed E-state index contributed by atoms with van der Waals surface area (Å²) >= 11 is 0. The van der Waals surface area contributed by atoms with Crippen LogP contribution in [0.4, 0.5) is 4.79 Å². The lowest BCUT2D eigenvalue weighted by atomic mass is 10.2. The van der Waals surface area contributed by atoms with Crippen LogP contribution in [0.5, 0.6) is 0 Å². The molecule has 1 saturated heterocycles. The van der Waals surface area contributed by atoms with Crippen LogP contribution in [-0.4, -0.2) is 53.0 Å². The van der Waals surface area contributed by atoms with Crippen LogP contribution in [0.25, 0.3) is 0 Å². The molecule has 0 aromatic heterocycles. The molecule has 98 valence electrons. The summed E-state index contributed by atoms with van der Waals surface area (Å²) in [5, 5.41) is 8.85. The quantitative estimate of drug-likeness (QED) is 0.748. The fraction of sp³-hybridized carbons (Fsp3) is 0.818. The van der Waals surface area contributed by atoms with Gasteiger partial charge in [-0.25, -0.2) is 9.59 Å². The SMILES string of the molecule is CC1CO[C@H](C(=O)O)CN1C(=O)OC(C)(C)C. The molecule has 1 rings (SSSR count). The van der Waals surface area contributed by atoms with Gasteiger partial charge >= 0.3 is 12.1 Å². The van der Waals surface area contributed by atoms with Crippen LogP contribution in [0.3, 0.4) is 0 Å². The van der Waals surface area contributed by atoms with Gasteiger partial charge in [0, 0.05) is 0 Å². The molecule has 0 spiro atoms. The minimum absolute atomic E-state index is 0.0193. The van der Waals surface area contributed by atoms with Crippen molar-refractivity contribution in [1.29, 1.82) is 0 Å². The maximum absolute atomic E-state index is 11.8. The second kappa shape index (κ2) is 4.91. The second-order valence-electron chi connectivity index (χ2n) is 5.14. The van der Waals surface area contributed by atoms with Crippen molar-refractivity contribution in [2.45, 2.75) is 45.4 Å². The lowest BCUT2D eigenvalue weighted by Gasteiger charge is -2.37. The largest absolute Gasteiger partial charge is 0.479 e. The van der Waals surface area contributed by atoms with E-state index in [1.54, 1.807) is 27.7 Å². The van der Waals surface area contributed by atoms with E-state index in [1.165, 1.54) is 4.90 Å². The number of carbonyl (C=O) groups is 2. The predicted octanol–water partition coefficient (Wildman–Crippen LogP) is 1.10. The van der Waals surface area contributed by atoms with Gasteiger partial charge in [-0.3, -0.25) is 4.90 Å². The highest BCUT2D eigenvalue weighted by molar-refractivity contribution is 5.75. The lowest BCUT2D eigenvalue weighted by molar-refractivity contribution is -0.158. The van der Waals surface area contributed by atoms with Crippen LogP contribution < -0.4 is 0 Å². The molecule has 2 atom stereocenters. The maximum Gasteiger partial charge on any atom is 0.410 e. The molecule has 1 aliphatic rings. The summed E-state index contributed by atoms with van der Waals surface area (Å²) in [5.74, 6) is -1.06. The first kappa shape index (κ1) is 13.8. The zero-order chi connectivity index (χ0) is 13.2. The molecule has 0 aromatic carbocycles. The number of hydrogen-bond acceptors (Lipinski definition) is 4. The van der Waals surface area contributed by atoms with E-state index in [0.717, 1.165) is 0 Å². The molecule has 17 heavy (non-hydrogen) atoms. The summed E-state index contributed by atoms with van der Waals surface area (Å²) in [6.45, 7) is 7.32. The third-order valence-electron chi connectivity index (χ3n) is 2.34. The molecule has 1 amide bonds. The number of ether oxygens (including phenoxy) is 2. The van der Waals surface area contributed by atoms with Gasteiger partial charge in [-0.1, -0.05) is 0 Å². The number of amides is 1. The van der Waals surface area contributed by atoms with Crippen LogP contribution >= 0.6 is 0 Å². The van der Waals surface area contributed by atoms with Gasteiger partial charge in [0.05, 0.1) is 19.2 Å². The molecule has 0 radical (unpaired) electrons. The van der Waals surface area contributed by atoms with Gasteiger partial charge < -0.3 is 14.6 Å². The van der Waals surface area contributed by atoms with E-state index in [1.807, 2.05) is 0 Å². The Bertz CT molecular complexity index is 309. The van der Waals surface area contributed by atoms with Crippen LogP contribution in [0.15, 0.2) is 0 Å². The topological polar surface area (TPSA) is 76.1 Å². The van der Waals surface area contributed by atoms with Crippen molar-refractivity contribution in [3.63, 3.8) is 0 Å². The zero-order valence-corrected chi connectivity index (χ0v) is 10.6. The molecular weight excluding hydrogens is 226 g/mol. The van der Waals surface area contributed by atoms with E-state index in [4.69, 9.17) is 14.6 Å². The number of rotatable bonds is 1. The van der Waals surface area contributed by atoms with Gasteiger partial charge in [0.25, 0.3) is 0 Å². The molecular formula is C11H19NO5. The Hall–Kier alpha value is -1.30. The van der Waals surface area contributed by atoms with Gasteiger partial charge in [-0.05, 0) is 27.7 Å². The van der Waals surface area contributed by atoms with Gasteiger partial charge in [0.2, 0.25) is 0 Å². The summed E-state index contributed by atoms with van der Waals surface area (Å²) in [4.78, 5) is 24.1. The van der Waals surface area contributed by atoms with Gasteiger partial charge in [0.15, 0.2) is 6.10 Å². The Morgan fingerprint density at radius 2 is 2.00 bits per heavy atom. The third-order valence-corrected chi connectivity index (χ3v) is 2.34. The summed E-state index contributed by atoms with van der Waals surface area (Å²) in [6.07, 6.45) is -1.47. The van der Waals surface area contributed by atoms with E-state index in [0.29, 0.717) is 0 Å². The van der Waals surface area contributed by atoms with E-state index in [-0.39, 0.29) is 19.2 Å². The molecule has 1 unspecified atom stereocenters. The molecule has 1 aliphatic heterocycles. The average molecular weight is 245 g/mol. The molecule has 1 heterocycles. The first-order valence-electron chi connectivity index (χ1n) is 5.55. The van der Waals surface area contributed by atoms with Crippen molar-refractivity contribution in [2.75, 3.05) is 13.2 Å². The molecule has 0 aromatic rings. The normalized spacial score (nSPS) is 25.5. The molecule has 1 N–H and O–H groups in total. The predicted molar refractivity (Wildman–Crippen MR) is 59.8 cm³/mol. The molecule has 0 aliphatic carbocycles. The smallest absolute Gasteiger partial charge is 0.410 e. The van der Waals surface area contributed by atoms with Gasteiger partial charge in [-0.2, -0.15) is 0 Å². The van der Waals surface area contributed by atoms with Crippen LogP contribution in [0, 0.1) is 0 Å². The van der Waals surface area contributed by atoms with Crippen molar-refractivity contribution < 1.29 is 24.2 Å². The number of morpholine rings is 1. The number of carboxylic acids is 1. The molecule has 1 fully saturated rings. The van der Waals surface area contributed by atoms with E-state index >= 15 is 0 Å². The Kier molecular flexibility index (Phi) is 3.98. The monoisotopic (exact) mass is 245 g/mol. The standard InChI is InChI=1S/C11H19NO5/c1-7-6-16-8(9(13)14)5-12(7)10(15)17-11(2,3)4/h7-8H,5-6H2,1-4H3,(H,13,14)/t7?,8-/m0/s1. The summed E-state index contributed by atoms with van der Waals surface area (Å²) in [7, 11) is 0. The fourth-order valence-electron chi connectivity index (χ4n) is 1.48. The van der Waals surface area contributed by atoms with Crippen molar-refractivity contribution in [2.24, 2.45) is 0 Å². The molecule has 0 bridgehead atoms. The van der Waals surface area contributed by atoms with Crippen molar-refractivity contribution in [3.8, 4) is 0 Å². The van der Waals surface area contributed by atoms with Crippen LogP contribution in [0.2, 0.25) is 0 Å². The minimum atomic E-state index is -1.06. The highest BCUT2D eigenvalue weighted by atomic mass is 16.6. The highest BCUT2D eigenvalue weighted by Crippen LogP contribution is 2.16.